The number of aliphatic imine (C=N–C) groups is 1. The summed E-state index contributed by atoms with van der Waals surface area (Å²) < 4.78 is 20.1. The lowest BCUT2D eigenvalue weighted by atomic mass is 10.1. The van der Waals surface area contributed by atoms with Gasteiger partial charge in [-0.05, 0) is 61.1 Å². The molecular formula is C29H34N4O4S. The number of amides is 1. The number of methoxy groups -OCH3 is 2. The molecule has 0 saturated carbocycles. The molecule has 2 aromatic rings. The number of primary amides is 1. The molecule has 0 spiro atoms. The molecule has 1 fully saturated rings. The molecule has 2 aliphatic rings. The van der Waals surface area contributed by atoms with Crippen LogP contribution in [0, 0.1) is 0 Å². The molecule has 0 aromatic heterocycles. The summed E-state index contributed by atoms with van der Waals surface area (Å²) in [6.45, 7) is 6.93. The third-order valence-corrected chi connectivity index (χ3v) is 6.47. The smallest absolute Gasteiger partial charge is 0.204 e. The maximum absolute atomic E-state index is 8.58. The van der Waals surface area contributed by atoms with Crippen molar-refractivity contribution < 1.29 is 19.0 Å². The molecule has 0 bridgehead atoms. The second-order valence-electron chi connectivity index (χ2n) is 8.35. The zero-order chi connectivity index (χ0) is 27.3. The normalized spacial score (nSPS) is 17.8. The highest BCUT2D eigenvalue weighted by Crippen LogP contribution is 2.31. The molecule has 4 rings (SSSR count). The molecule has 9 heteroatoms. The molecule has 38 heavy (non-hydrogen) atoms. The van der Waals surface area contributed by atoms with Gasteiger partial charge in [-0.3, -0.25) is 4.79 Å². The quantitative estimate of drug-likeness (QED) is 0.281. The third kappa shape index (κ3) is 8.29. The highest BCUT2D eigenvalue weighted by molar-refractivity contribution is 7.97. The molecule has 2 aromatic carbocycles. The number of allylic oxidation sites excluding steroid dienone is 6. The van der Waals surface area contributed by atoms with E-state index in [9.17, 15) is 0 Å². The summed E-state index contributed by atoms with van der Waals surface area (Å²) in [4.78, 5) is 14.6. The molecule has 200 valence electrons. The summed E-state index contributed by atoms with van der Waals surface area (Å²) in [7, 11) is 3.27. The SMILES string of the molecule is C=C1C=CC=C/C1=N/C(NSc1cccc(C2CCCO2)c1)=C(\C)Nc1cc(OC)cc(OC)c1.NC=O. The number of rotatable bonds is 9. The molecule has 1 heterocycles. The van der Waals surface area contributed by atoms with Gasteiger partial charge in [0.05, 0.1) is 31.7 Å². The highest BCUT2D eigenvalue weighted by Gasteiger charge is 2.18. The van der Waals surface area contributed by atoms with Gasteiger partial charge in [0.25, 0.3) is 0 Å². The third-order valence-electron chi connectivity index (χ3n) is 5.69. The van der Waals surface area contributed by atoms with Crippen LogP contribution in [0.2, 0.25) is 0 Å². The first kappa shape index (κ1) is 28.6. The van der Waals surface area contributed by atoms with Crippen molar-refractivity contribution in [2.75, 3.05) is 26.1 Å². The topological polar surface area (TPSA) is 107 Å². The fourth-order valence-electron chi connectivity index (χ4n) is 3.81. The number of carbonyl (C=O) groups is 1. The Morgan fingerprint density at radius 1 is 1.16 bits per heavy atom. The maximum Gasteiger partial charge on any atom is 0.204 e. The minimum Gasteiger partial charge on any atom is -0.497 e. The molecule has 1 amide bonds. The Hall–Kier alpha value is -3.95. The molecular weight excluding hydrogens is 500 g/mol. The number of anilines is 1. The van der Waals surface area contributed by atoms with Crippen molar-refractivity contribution in [2.45, 2.75) is 30.8 Å². The highest BCUT2D eigenvalue weighted by atomic mass is 32.2. The number of carbonyl (C=O) groups excluding carboxylic acids is 1. The predicted molar refractivity (Wildman–Crippen MR) is 154 cm³/mol. The molecule has 1 saturated heterocycles. The Balaban J connectivity index is 0.00000127. The van der Waals surface area contributed by atoms with Crippen LogP contribution in [0.5, 0.6) is 11.5 Å². The van der Waals surface area contributed by atoms with Crippen molar-refractivity contribution in [3.05, 3.63) is 96.0 Å². The number of nitrogens with zero attached hydrogens (tertiary/aromatic N) is 1. The van der Waals surface area contributed by atoms with E-state index < -0.39 is 0 Å². The van der Waals surface area contributed by atoms with E-state index in [1.807, 2.05) is 49.4 Å². The van der Waals surface area contributed by atoms with Crippen LogP contribution < -0.4 is 25.2 Å². The van der Waals surface area contributed by atoms with E-state index in [0.717, 1.165) is 47.0 Å². The van der Waals surface area contributed by atoms with Crippen molar-refractivity contribution >= 4 is 29.8 Å². The van der Waals surface area contributed by atoms with E-state index in [0.29, 0.717) is 17.3 Å². The molecule has 0 radical (unpaired) electrons. The lowest BCUT2D eigenvalue weighted by Crippen LogP contribution is -2.12. The summed E-state index contributed by atoms with van der Waals surface area (Å²) in [5.74, 6) is 2.10. The van der Waals surface area contributed by atoms with Gasteiger partial charge >= 0.3 is 0 Å². The Morgan fingerprint density at radius 2 is 1.87 bits per heavy atom. The van der Waals surface area contributed by atoms with Crippen molar-refractivity contribution in [1.82, 2.24) is 4.72 Å². The van der Waals surface area contributed by atoms with Crippen molar-refractivity contribution in [1.29, 1.82) is 0 Å². The number of nitrogens with two attached hydrogens (primary N) is 1. The summed E-state index contributed by atoms with van der Waals surface area (Å²) in [5.41, 5.74) is 8.70. The van der Waals surface area contributed by atoms with Crippen molar-refractivity contribution in [2.24, 2.45) is 10.7 Å². The zero-order valence-electron chi connectivity index (χ0n) is 21.9. The van der Waals surface area contributed by atoms with Crippen molar-refractivity contribution in [3.8, 4) is 11.5 Å². The van der Waals surface area contributed by atoms with Gasteiger partial charge in [0.2, 0.25) is 6.41 Å². The molecule has 4 N–H and O–H groups in total. The van der Waals surface area contributed by atoms with Gasteiger partial charge in [-0.1, -0.05) is 36.9 Å². The number of nitrogens with one attached hydrogen (secondary N) is 2. The minimum absolute atomic E-state index is 0.180. The molecule has 1 aliphatic heterocycles. The van der Waals surface area contributed by atoms with Gasteiger partial charge in [-0.25, -0.2) is 4.99 Å². The first-order chi connectivity index (χ1) is 18.5. The fourth-order valence-corrected chi connectivity index (χ4v) is 4.56. The fraction of sp³-hybridized carbons (Fsp3) is 0.241. The summed E-state index contributed by atoms with van der Waals surface area (Å²) >= 11 is 1.51. The Morgan fingerprint density at radius 3 is 2.50 bits per heavy atom. The summed E-state index contributed by atoms with van der Waals surface area (Å²) in [6, 6.07) is 14.1. The second-order valence-corrected chi connectivity index (χ2v) is 9.23. The van der Waals surface area contributed by atoms with Gasteiger partial charge in [0.15, 0.2) is 5.82 Å². The van der Waals surface area contributed by atoms with Crippen LogP contribution in [-0.2, 0) is 9.53 Å². The van der Waals surface area contributed by atoms with Gasteiger partial charge in [-0.2, -0.15) is 0 Å². The molecule has 1 aliphatic carbocycles. The number of hydrogen-bond donors (Lipinski definition) is 3. The average Bonchev–Trinajstić information content (AvgIpc) is 3.47. The van der Waals surface area contributed by atoms with Crippen LogP contribution in [0.25, 0.3) is 0 Å². The zero-order valence-corrected chi connectivity index (χ0v) is 22.7. The first-order valence-corrected chi connectivity index (χ1v) is 12.9. The monoisotopic (exact) mass is 534 g/mol. The van der Waals surface area contributed by atoms with E-state index in [2.05, 4.69) is 46.6 Å². The Bertz CT molecular complexity index is 1220. The standard InChI is InChI=1S/C28H31N3O3S.CH3NO/c1-19-9-5-6-12-26(19)30-28(20(2)29-22-16-23(32-3)18-24(17-22)33-4)31-35-25-11-7-10-21(15-25)27-13-8-14-34-27;2-1-3/h5-7,9-12,15-18,27,29,31H,1,8,13-14H2,2-4H3;1H,(H2,2,3)/b28-20-,30-26-;. The van der Waals surface area contributed by atoms with E-state index in [1.54, 1.807) is 14.2 Å². The number of hydrogen-bond acceptors (Lipinski definition) is 8. The maximum atomic E-state index is 8.58. The Labute approximate surface area is 228 Å². The van der Waals surface area contributed by atoms with Crippen LogP contribution in [0.4, 0.5) is 5.69 Å². The van der Waals surface area contributed by atoms with Crippen LogP contribution in [-0.4, -0.2) is 32.9 Å². The lowest BCUT2D eigenvalue weighted by Gasteiger charge is -2.16. The minimum atomic E-state index is 0.180. The van der Waals surface area contributed by atoms with Crippen LogP contribution in [0.15, 0.2) is 100 Å². The van der Waals surface area contributed by atoms with Gasteiger partial charge in [0.1, 0.15) is 11.5 Å². The van der Waals surface area contributed by atoms with Crippen LogP contribution >= 0.6 is 11.9 Å². The van der Waals surface area contributed by atoms with E-state index >= 15 is 0 Å². The number of benzene rings is 2. The largest absolute Gasteiger partial charge is 0.497 e. The number of ether oxygens (including phenoxy) is 3. The molecule has 1 unspecified atom stereocenters. The summed E-state index contributed by atoms with van der Waals surface area (Å²) in [5, 5.41) is 3.43. The average molecular weight is 535 g/mol. The molecule has 8 nitrogen and oxygen atoms in total. The van der Waals surface area contributed by atoms with Gasteiger partial charge < -0.3 is 30.0 Å². The van der Waals surface area contributed by atoms with E-state index in [1.165, 1.54) is 17.5 Å². The molecule has 1 atom stereocenters. The lowest BCUT2D eigenvalue weighted by molar-refractivity contribution is -0.106. The summed E-state index contributed by atoms with van der Waals surface area (Å²) in [6.07, 6.45) is 10.4. The van der Waals surface area contributed by atoms with E-state index in [4.69, 9.17) is 24.0 Å². The van der Waals surface area contributed by atoms with E-state index in [-0.39, 0.29) is 12.5 Å². The van der Waals surface area contributed by atoms with Gasteiger partial charge in [-0.15, -0.1) is 0 Å². The second kappa shape index (κ2) is 14.7. The van der Waals surface area contributed by atoms with Gasteiger partial charge in [0, 0.05) is 35.4 Å². The van der Waals surface area contributed by atoms with Crippen molar-refractivity contribution in [3.63, 3.8) is 0 Å². The van der Waals surface area contributed by atoms with Crippen LogP contribution in [0.1, 0.15) is 31.4 Å². The predicted octanol–water partition coefficient (Wildman–Crippen LogP) is 5.68. The van der Waals surface area contributed by atoms with Crippen LogP contribution in [0.3, 0.4) is 0 Å². The first-order valence-electron chi connectivity index (χ1n) is 12.1. The Kier molecular flexibility index (Phi) is 11.1.